The van der Waals surface area contributed by atoms with Gasteiger partial charge >= 0.3 is 0 Å². The predicted octanol–water partition coefficient (Wildman–Crippen LogP) is -0.416. The number of primary sulfonamides is 1. The molecule has 8 nitrogen and oxygen atoms in total. The van der Waals surface area contributed by atoms with Gasteiger partial charge in [0, 0.05) is 26.6 Å². The standard InChI is InChI=1S/C16H23N3O5S/c1-13(20)19(12-16(21)18-8-10-24-11-9-18)7-6-14-2-4-15(5-3-14)25(17,22)23/h2-5H,6-12H2,1H3,(H2,17,22,23). The van der Waals surface area contributed by atoms with Gasteiger partial charge in [0.25, 0.3) is 0 Å². The minimum Gasteiger partial charge on any atom is -0.378 e. The average Bonchev–Trinajstić information content (AvgIpc) is 2.58. The first-order chi connectivity index (χ1) is 11.8. The number of carbonyl (C=O) groups excluding carboxylic acids is 2. The van der Waals surface area contributed by atoms with Crippen molar-refractivity contribution in [2.75, 3.05) is 39.4 Å². The van der Waals surface area contributed by atoms with E-state index in [-0.39, 0.29) is 23.3 Å². The lowest BCUT2D eigenvalue weighted by molar-refractivity contribution is -0.142. The fraction of sp³-hybridized carbons (Fsp3) is 0.500. The molecule has 1 aromatic carbocycles. The maximum atomic E-state index is 12.3. The first kappa shape index (κ1) is 19.4. The van der Waals surface area contributed by atoms with E-state index in [9.17, 15) is 18.0 Å². The van der Waals surface area contributed by atoms with Gasteiger partial charge in [0.2, 0.25) is 21.8 Å². The SMILES string of the molecule is CC(=O)N(CCc1ccc(S(N)(=O)=O)cc1)CC(=O)N1CCOCC1. The van der Waals surface area contributed by atoms with E-state index >= 15 is 0 Å². The Labute approximate surface area is 147 Å². The molecule has 1 heterocycles. The Morgan fingerprint density at radius 2 is 1.80 bits per heavy atom. The van der Waals surface area contributed by atoms with Gasteiger partial charge in [-0.2, -0.15) is 0 Å². The van der Waals surface area contributed by atoms with Crippen LogP contribution in [0.4, 0.5) is 0 Å². The molecule has 2 N–H and O–H groups in total. The number of carbonyl (C=O) groups is 2. The molecule has 0 aromatic heterocycles. The van der Waals surface area contributed by atoms with Gasteiger partial charge in [-0.15, -0.1) is 0 Å². The van der Waals surface area contributed by atoms with Crippen molar-refractivity contribution in [2.24, 2.45) is 5.14 Å². The van der Waals surface area contributed by atoms with Gasteiger partial charge in [-0.1, -0.05) is 12.1 Å². The zero-order valence-electron chi connectivity index (χ0n) is 14.2. The predicted molar refractivity (Wildman–Crippen MR) is 91.2 cm³/mol. The number of sulfonamides is 1. The van der Waals surface area contributed by atoms with E-state index in [0.29, 0.717) is 39.3 Å². The van der Waals surface area contributed by atoms with Gasteiger partial charge in [0.15, 0.2) is 0 Å². The molecule has 1 aliphatic heterocycles. The van der Waals surface area contributed by atoms with E-state index in [4.69, 9.17) is 9.88 Å². The highest BCUT2D eigenvalue weighted by Crippen LogP contribution is 2.10. The molecule has 1 fully saturated rings. The van der Waals surface area contributed by atoms with Crippen molar-refractivity contribution in [3.8, 4) is 0 Å². The van der Waals surface area contributed by atoms with Crippen LogP contribution in [0.5, 0.6) is 0 Å². The molecule has 25 heavy (non-hydrogen) atoms. The Bertz CT molecular complexity index is 712. The monoisotopic (exact) mass is 369 g/mol. The molecule has 0 radical (unpaired) electrons. The molecule has 2 amide bonds. The second kappa shape index (κ2) is 8.41. The topological polar surface area (TPSA) is 110 Å². The van der Waals surface area contributed by atoms with Gasteiger partial charge in [-0.25, -0.2) is 13.6 Å². The highest BCUT2D eigenvalue weighted by Gasteiger charge is 2.21. The van der Waals surface area contributed by atoms with Crippen LogP contribution in [-0.4, -0.2) is 69.4 Å². The Morgan fingerprint density at radius 1 is 1.20 bits per heavy atom. The molecular weight excluding hydrogens is 346 g/mol. The van der Waals surface area contributed by atoms with Gasteiger partial charge in [-0.05, 0) is 24.1 Å². The second-order valence-electron chi connectivity index (χ2n) is 5.87. The second-order valence-corrected chi connectivity index (χ2v) is 7.43. The van der Waals surface area contributed by atoms with Gasteiger partial charge in [0.1, 0.15) is 0 Å². The summed E-state index contributed by atoms with van der Waals surface area (Å²) in [4.78, 5) is 27.3. The van der Waals surface area contributed by atoms with E-state index in [2.05, 4.69) is 0 Å². The third-order valence-electron chi connectivity index (χ3n) is 4.06. The summed E-state index contributed by atoms with van der Waals surface area (Å²) in [6.45, 7) is 3.95. The number of ether oxygens (including phenoxy) is 1. The Kier molecular flexibility index (Phi) is 6.51. The number of hydrogen-bond acceptors (Lipinski definition) is 5. The van der Waals surface area contributed by atoms with E-state index in [1.54, 1.807) is 17.0 Å². The fourth-order valence-corrected chi connectivity index (χ4v) is 3.05. The van der Waals surface area contributed by atoms with Crippen molar-refractivity contribution in [3.05, 3.63) is 29.8 Å². The Morgan fingerprint density at radius 3 is 2.32 bits per heavy atom. The molecule has 0 bridgehead atoms. The Hall–Kier alpha value is -1.97. The molecule has 2 rings (SSSR count). The zero-order valence-corrected chi connectivity index (χ0v) is 15.0. The molecule has 9 heteroatoms. The van der Waals surface area contributed by atoms with E-state index in [1.165, 1.54) is 24.0 Å². The van der Waals surface area contributed by atoms with E-state index in [0.717, 1.165) is 5.56 Å². The van der Waals surface area contributed by atoms with Crippen LogP contribution in [0, 0.1) is 0 Å². The molecule has 1 saturated heterocycles. The molecule has 138 valence electrons. The van der Waals surface area contributed by atoms with Crippen LogP contribution >= 0.6 is 0 Å². The van der Waals surface area contributed by atoms with Crippen LogP contribution in [0.15, 0.2) is 29.2 Å². The summed E-state index contributed by atoms with van der Waals surface area (Å²) in [5.41, 5.74) is 0.859. The largest absolute Gasteiger partial charge is 0.378 e. The fourth-order valence-electron chi connectivity index (χ4n) is 2.53. The van der Waals surface area contributed by atoms with Gasteiger partial charge in [0.05, 0.1) is 24.7 Å². The summed E-state index contributed by atoms with van der Waals surface area (Å²) in [5, 5.41) is 5.06. The molecule has 1 aliphatic rings. The maximum absolute atomic E-state index is 12.3. The van der Waals surface area contributed by atoms with Crippen molar-refractivity contribution in [1.82, 2.24) is 9.80 Å². The number of benzene rings is 1. The van der Waals surface area contributed by atoms with Crippen LogP contribution in [0.2, 0.25) is 0 Å². The summed E-state index contributed by atoms with van der Waals surface area (Å²) in [6, 6.07) is 6.17. The third-order valence-corrected chi connectivity index (χ3v) is 4.99. The van der Waals surface area contributed by atoms with Crippen LogP contribution in [0.25, 0.3) is 0 Å². The summed E-state index contributed by atoms with van der Waals surface area (Å²) in [5.74, 6) is -0.272. The van der Waals surface area contributed by atoms with Crippen LogP contribution in [-0.2, 0) is 30.8 Å². The van der Waals surface area contributed by atoms with Crippen LogP contribution in [0.1, 0.15) is 12.5 Å². The molecule has 0 aliphatic carbocycles. The number of amides is 2. The maximum Gasteiger partial charge on any atom is 0.242 e. The zero-order chi connectivity index (χ0) is 18.4. The summed E-state index contributed by atoms with van der Waals surface area (Å²) >= 11 is 0. The number of rotatable bonds is 6. The number of nitrogens with zero attached hydrogens (tertiary/aromatic N) is 2. The summed E-state index contributed by atoms with van der Waals surface area (Å²) in [6.07, 6.45) is 0.515. The van der Waals surface area contributed by atoms with Crippen molar-refractivity contribution < 1.29 is 22.7 Å². The lowest BCUT2D eigenvalue weighted by atomic mass is 10.1. The molecule has 0 atom stereocenters. The Balaban J connectivity index is 1.93. The van der Waals surface area contributed by atoms with Crippen LogP contribution < -0.4 is 5.14 Å². The minimum absolute atomic E-state index is 0.0323. The van der Waals surface area contributed by atoms with Crippen molar-refractivity contribution in [3.63, 3.8) is 0 Å². The number of nitrogens with two attached hydrogens (primary N) is 1. The first-order valence-electron chi connectivity index (χ1n) is 8.00. The summed E-state index contributed by atoms with van der Waals surface area (Å²) < 4.78 is 27.7. The molecular formula is C16H23N3O5S. The smallest absolute Gasteiger partial charge is 0.242 e. The van der Waals surface area contributed by atoms with Crippen molar-refractivity contribution in [2.45, 2.75) is 18.2 Å². The quantitative estimate of drug-likeness (QED) is 0.733. The van der Waals surface area contributed by atoms with Crippen LogP contribution in [0.3, 0.4) is 0 Å². The minimum atomic E-state index is -3.72. The lowest BCUT2D eigenvalue weighted by Gasteiger charge is -2.29. The normalized spacial score (nSPS) is 15.0. The lowest BCUT2D eigenvalue weighted by Crippen LogP contribution is -2.47. The average molecular weight is 369 g/mol. The third kappa shape index (κ3) is 5.80. The first-order valence-corrected chi connectivity index (χ1v) is 9.55. The van der Waals surface area contributed by atoms with Crippen molar-refractivity contribution >= 4 is 21.8 Å². The van der Waals surface area contributed by atoms with Gasteiger partial charge in [-0.3, -0.25) is 9.59 Å². The highest BCUT2D eigenvalue weighted by atomic mass is 32.2. The molecule has 0 spiro atoms. The molecule has 0 unspecified atom stereocenters. The molecule has 0 saturated carbocycles. The number of hydrogen-bond donors (Lipinski definition) is 1. The number of morpholine rings is 1. The highest BCUT2D eigenvalue weighted by molar-refractivity contribution is 7.89. The van der Waals surface area contributed by atoms with E-state index < -0.39 is 10.0 Å². The summed E-state index contributed by atoms with van der Waals surface area (Å²) in [7, 11) is -3.72. The van der Waals surface area contributed by atoms with E-state index in [1.807, 2.05) is 0 Å². The van der Waals surface area contributed by atoms with Crippen molar-refractivity contribution in [1.29, 1.82) is 0 Å². The van der Waals surface area contributed by atoms with Gasteiger partial charge < -0.3 is 14.5 Å². The molecule has 1 aromatic rings.